The van der Waals surface area contributed by atoms with E-state index in [0.717, 1.165) is 4.90 Å². The quantitative estimate of drug-likeness (QED) is 0.534. The second-order valence-electron chi connectivity index (χ2n) is 8.84. The summed E-state index contributed by atoms with van der Waals surface area (Å²) in [5.41, 5.74) is -0.0970. The lowest BCUT2D eigenvalue weighted by Gasteiger charge is -2.28. The predicted octanol–water partition coefficient (Wildman–Crippen LogP) is 1.48. The third-order valence-electron chi connectivity index (χ3n) is 7.01. The summed E-state index contributed by atoms with van der Waals surface area (Å²) >= 11 is 0. The van der Waals surface area contributed by atoms with Crippen molar-refractivity contribution in [3.63, 3.8) is 0 Å². The molecule has 3 N–H and O–H groups in total. The number of carbonyl (C=O) groups excluding carboxylic acids is 3. The summed E-state index contributed by atoms with van der Waals surface area (Å²) in [5.74, 6) is -3.55. The average molecular weight is 463 g/mol. The zero-order valence-electron chi connectivity index (χ0n) is 18.3. The number of carboxylic acid groups (broad SMARTS) is 1. The van der Waals surface area contributed by atoms with Crippen LogP contribution in [0.1, 0.15) is 24.0 Å². The molecule has 2 unspecified atom stereocenters. The van der Waals surface area contributed by atoms with Gasteiger partial charge in [-0.2, -0.15) is 0 Å². The second kappa shape index (κ2) is 8.57. The van der Waals surface area contributed by atoms with Gasteiger partial charge in [0.2, 0.25) is 5.91 Å². The zero-order chi connectivity index (χ0) is 23.9. The number of aliphatic carboxylic acids is 1. The highest BCUT2D eigenvalue weighted by molar-refractivity contribution is 6.09. The molecule has 0 saturated carbocycles. The summed E-state index contributed by atoms with van der Waals surface area (Å²) in [6.07, 6.45) is 0.429. The van der Waals surface area contributed by atoms with E-state index >= 15 is 0 Å². The zero-order valence-corrected chi connectivity index (χ0v) is 18.3. The third-order valence-corrected chi connectivity index (χ3v) is 7.01. The standard InChI is InChI=1S/C25H25N3O6/c29-21(19-17-11-12-18(34-17)20(19)22(30)31)26-13-14-28-23(32)25(27-24(28)33,15-7-3-1-4-8-15)16-9-5-2-6-10-16/h1-10,17-20H,11-14H2,(H,26,29)(H,27,33)(H,30,31)/t17-,18+,19?,20?/m0/s1. The van der Waals surface area contributed by atoms with E-state index in [9.17, 15) is 24.3 Å². The number of amides is 4. The number of hydrogen-bond acceptors (Lipinski definition) is 5. The topological polar surface area (TPSA) is 125 Å². The number of rotatable bonds is 7. The van der Waals surface area contributed by atoms with E-state index in [2.05, 4.69) is 10.6 Å². The average Bonchev–Trinajstić information content (AvgIpc) is 3.54. The van der Waals surface area contributed by atoms with E-state index in [-0.39, 0.29) is 13.1 Å². The number of ether oxygens (including phenoxy) is 1. The van der Waals surface area contributed by atoms with Crippen LogP contribution < -0.4 is 10.6 Å². The molecule has 2 aromatic rings. The van der Waals surface area contributed by atoms with Crippen LogP contribution in [-0.4, -0.2) is 59.1 Å². The molecule has 9 heteroatoms. The van der Waals surface area contributed by atoms with Gasteiger partial charge in [-0.3, -0.25) is 19.3 Å². The van der Waals surface area contributed by atoms with Crippen LogP contribution in [0.5, 0.6) is 0 Å². The molecule has 9 nitrogen and oxygen atoms in total. The molecule has 34 heavy (non-hydrogen) atoms. The maximum atomic E-state index is 13.6. The van der Waals surface area contributed by atoms with Gasteiger partial charge in [0.1, 0.15) is 0 Å². The molecule has 3 heterocycles. The van der Waals surface area contributed by atoms with E-state index in [1.54, 1.807) is 48.5 Å². The van der Waals surface area contributed by atoms with Crippen LogP contribution in [0.2, 0.25) is 0 Å². The van der Waals surface area contributed by atoms with E-state index in [0.29, 0.717) is 24.0 Å². The first kappa shape index (κ1) is 22.1. The number of urea groups is 1. The molecule has 3 saturated heterocycles. The first-order valence-corrected chi connectivity index (χ1v) is 11.3. The first-order valence-electron chi connectivity index (χ1n) is 11.3. The van der Waals surface area contributed by atoms with Crippen LogP contribution in [0, 0.1) is 11.8 Å². The highest BCUT2D eigenvalue weighted by atomic mass is 16.5. The van der Waals surface area contributed by atoms with Crippen LogP contribution in [0.15, 0.2) is 60.7 Å². The van der Waals surface area contributed by atoms with Crippen molar-refractivity contribution in [2.75, 3.05) is 13.1 Å². The number of carbonyl (C=O) groups is 4. The van der Waals surface area contributed by atoms with Crippen LogP contribution in [0.25, 0.3) is 0 Å². The summed E-state index contributed by atoms with van der Waals surface area (Å²) in [6, 6.07) is 17.5. The smallest absolute Gasteiger partial charge is 0.325 e. The number of nitrogens with one attached hydrogen (secondary N) is 2. The van der Waals surface area contributed by atoms with Gasteiger partial charge in [0, 0.05) is 13.1 Å². The Morgan fingerprint density at radius 2 is 1.53 bits per heavy atom. The van der Waals surface area contributed by atoms with Crippen molar-refractivity contribution >= 4 is 23.8 Å². The maximum absolute atomic E-state index is 13.6. The van der Waals surface area contributed by atoms with Gasteiger partial charge in [-0.1, -0.05) is 60.7 Å². The van der Waals surface area contributed by atoms with Crippen molar-refractivity contribution in [2.24, 2.45) is 11.8 Å². The normalized spacial score (nSPS) is 27.0. The Kier molecular flexibility index (Phi) is 5.57. The molecule has 0 aliphatic carbocycles. The minimum Gasteiger partial charge on any atom is -0.481 e. The molecular weight excluding hydrogens is 438 g/mol. The van der Waals surface area contributed by atoms with Gasteiger partial charge in [-0.15, -0.1) is 0 Å². The fourth-order valence-corrected chi connectivity index (χ4v) is 5.45. The van der Waals surface area contributed by atoms with Gasteiger partial charge >= 0.3 is 12.0 Å². The first-order chi connectivity index (χ1) is 16.4. The van der Waals surface area contributed by atoms with Crippen molar-refractivity contribution < 1.29 is 29.0 Å². The summed E-state index contributed by atoms with van der Waals surface area (Å²) in [4.78, 5) is 52.1. The highest BCUT2D eigenvalue weighted by Crippen LogP contribution is 2.43. The lowest BCUT2D eigenvalue weighted by atomic mass is 9.79. The number of hydrogen-bond donors (Lipinski definition) is 3. The Labute approximate surface area is 196 Å². The Hall–Kier alpha value is -3.72. The third kappa shape index (κ3) is 3.43. The molecule has 0 aromatic heterocycles. The number of benzene rings is 2. The number of nitrogens with zero attached hydrogens (tertiary/aromatic N) is 1. The molecular formula is C25H25N3O6. The van der Waals surface area contributed by atoms with Crippen LogP contribution in [-0.2, 0) is 24.7 Å². The van der Waals surface area contributed by atoms with E-state index < -0.39 is 53.4 Å². The monoisotopic (exact) mass is 463 g/mol. The maximum Gasteiger partial charge on any atom is 0.325 e. The van der Waals surface area contributed by atoms with E-state index in [4.69, 9.17) is 4.74 Å². The minimum atomic E-state index is -1.36. The molecule has 3 aliphatic rings. The Morgan fingerprint density at radius 1 is 0.971 bits per heavy atom. The number of carboxylic acids is 1. The Balaban J connectivity index is 1.32. The van der Waals surface area contributed by atoms with Gasteiger partial charge in [0.25, 0.3) is 5.91 Å². The van der Waals surface area contributed by atoms with Crippen molar-refractivity contribution in [2.45, 2.75) is 30.6 Å². The van der Waals surface area contributed by atoms with Crippen molar-refractivity contribution in [1.82, 2.24) is 15.5 Å². The lowest BCUT2D eigenvalue weighted by Crippen LogP contribution is -2.47. The van der Waals surface area contributed by atoms with Gasteiger partial charge in [0.15, 0.2) is 5.54 Å². The van der Waals surface area contributed by atoms with E-state index in [1.165, 1.54) is 0 Å². The molecule has 4 amide bonds. The summed E-state index contributed by atoms with van der Waals surface area (Å²) < 4.78 is 5.65. The predicted molar refractivity (Wildman–Crippen MR) is 119 cm³/mol. The molecule has 0 radical (unpaired) electrons. The lowest BCUT2D eigenvalue weighted by molar-refractivity contribution is -0.147. The molecule has 4 atom stereocenters. The van der Waals surface area contributed by atoms with Gasteiger partial charge in [-0.25, -0.2) is 4.79 Å². The molecule has 2 aromatic carbocycles. The summed E-state index contributed by atoms with van der Waals surface area (Å²) in [7, 11) is 0. The Morgan fingerprint density at radius 3 is 2.09 bits per heavy atom. The molecule has 3 fully saturated rings. The highest BCUT2D eigenvalue weighted by Gasteiger charge is 2.56. The largest absolute Gasteiger partial charge is 0.481 e. The second-order valence-corrected chi connectivity index (χ2v) is 8.84. The minimum absolute atomic E-state index is 0.0118. The fraction of sp³-hybridized carbons (Fsp3) is 0.360. The van der Waals surface area contributed by atoms with Crippen molar-refractivity contribution in [1.29, 1.82) is 0 Å². The molecule has 5 rings (SSSR count). The summed E-state index contributed by atoms with van der Waals surface area (Å²) in [6.45, 7) is -0.0326. The van der Waals surface area contributed by atoms with Crippen molar-refractivity contribution in [3.05, 3.63) is 71.8 Å². The van der Waals surface area contributed by atoms with Crippen LogP contribution in [0.4, 0.5) is 4.79 Å². The Bertz CT molecular complexity index is 1080. The van der Waals surface area contributed by atoms with Gasteiger partial charge in [-0.05, 0) is 24.0 Å². The van der Waals surface area contributed by atoms with Crippen LogP contribution in [0.3, 0.4) is 0 Å². The number of fused-ring (bicyclic) bond motifs is 2. The van der Waals surface area contributed by atoms with Gasteiger partial charge < -0.3 is 20.5 Å². The van der Waals surface area contributed by atoms with E-state index in [1.807, 2.05) is 12.1 Å². The SMILES string of the molecule is O=C(NCCN1C(=O)NC(c2ccccc2)(c2ccccc2)C1=O)C1C(C(=O)O)[C@H]2CC[C@@H]1O2. The molecule has 3 aliphatic heterocycles. The molecule has 0 spiro atoms. The molecule has 176 valence electrons. The van der Waals surface area contributed by atoms with Crippen molar-refractivity contribution in [3.8, 4) is 0 Å². The fourth-order valence-electron chi connectivity index (χ4n) is 5.45. The molecule has 2 bridgehead atoms. The number of imide groups is 1. The van der Waals surface area contributed by atoms with Crippen LogP contribution >= 0.6 is 0 Å². The summed E-state index contributed by atoms with van der Waals surface area (Å²) in [5, 5.41) is 15.1. The van der Waals surface area contributed by atoms with Gasteiger partial charge in [0.05, 0.1) is 24.0 Å².